The van der Waals surface area contributed by atoms with Crippen molar-refractivity contribution in [1.29, 1.82) is 0 Å². The van der Waals surface area contributed by atoms with Gasteiger partial charge in [-0.25, -0.2) is 4.98 Å². The summed E-state index contributed by atoms with van der Waals surface area (Å²) in [5.41, 5.74) is 6.45. The molecule has 0 amide bonds. The summed E-state index contributed by atoms with van der Waals surface area (Å²) in [6, 6.07) is 21.6. The predicted octanol–water partition coefficient (Wildman–Crippen LogP) is 4.81. The lowest BCUT2D eigenvalue weighted by molar-refractivity contribution is -0.944. The first-order valence-electron chi connectivity index (χ1n) is 12.2. The number of para-hydroxylation sites is 1. The fraction of sp³-hybridized carbons (Fsp3) is 0.0333. The van der Waals surface area contributed by atoms with Gasteiger partial charge in [-0.3, -0.25) is 0 Å². The van der Waals surface area contributed by atoms with E-state index in [4.69, 9.17) is 9.72 Å². The lowest BCUT2D eigenvalue weighted by Gasteiger charge is -2.30. The number of rotatable bonds is 0. The van der Waals surface area contributed by atoms with Gasteiger partial charge in [0.15, 0.2) is 0 Å². The Hall–Kier alpha value is -4.97. The van der Waals surface area contributed by atoms with Crippen molar-refractivity contribution >= 4 is 54.8 Å². The zero-order chi connectivity index (χ0) is 22.9. The first-order chi connectivity index (χ1) is 17.9. The Balaban J connectivity index is 1.50. The Kier molecular flexibility index (Phi) is 2.25. The molecule has 8 aromatic rings. The summed E-state index contributed by atoms with van der Waals surface area (Å²) in [6.45, 7) is 0. The van der Waals surface area contributed by atoms with Crippen molar-refractivity contribution in [3.8, 4) is 11.5 Å². The van der Waals surface area contributed by atoms with Crippen LogP contribution in [0.3, 0.4) is 0 Å². The van der Waals surface area contributed by atoms with E-state index in [1.807, 2.05) is 12.3 Å². The van der Waals surface area contributed by atoms with Crippen LogP contribution in [-0.2, 0) is 5.66 Å². The van der Waals surface area contributed by atoms with Gasteiger partial charge < -0.3 is 4.74 Å². The molecule has 6 nitrogen and oxygen atoms in total. The van der Waals surface area contributed by atoms with E-state index in [-0.39, 0.29) is 0 Å². The van der Waals surface area contributed by atoms with Gasteiger partial charge in [-0.1, -0.05) is 18.2 Å². The molecule has 6 heteroatoms. The smallest absolute Gasteiger partial charge is 0.315 e. The van der Waals surface area contributed by atoms with Crippen LogP contribution >= 0.6 is 0 Å². The van der Waals surface area contributed by atoms with Crippen molar-refractivity contribution in [2.24, 2.45) is 0 Å². The van der Waals surface area contributed by atoms with Crippen LogP contribution in [0.15, 0.2) is 91.6 Å². The van der Waals surface area contributed by atoms with Gasteiger partial charge in [0.2, 0.25) is 5.65 Å². The topological polar surface area (TPSA) is 38.7 Å². The molecule has 1 atom stereocenters. The fourth-order valence-electron chi connectivity index (χ4n) is 7.65. The second-order valence-electron chi connectivity index (χ2n) is 10.1. The van der Waals surface area contributed by atoms with Crippen molar-refractivity contribution in [3.05, 3.63) is 103 Å². The molecule has 36 heavy (non-hydrogen) atoms. The Morgan fingerprint density at radius 1 is 0.667 bits per heavy atom. The molecule has 0 saturated carbocycles. The summed E-state index contributed by atoms with van der Waals surface area (Å²) in [5, 5.41) is 7.39. The Labute approximate surface area is 202 Å². The highest BCUT2D eigenvalue weighted by molar-refractivity contribution is 6.17. The SMILES string of the molecule is c1ccc2c(c1)c1ccc3c4c1c1n2cc[n+]1C41c2c(ccc4c5cccnc5n5cc[n+]1c5c24)O3. The molecule has 11 rings (SSSR count). The van der Waals surface area contributed by atoms with E-state index in [0.717, 1.165) is 28.2 Å². The summed E-state index contributed by atoms with van der Waals surface area (Å²) in [7, 11) is 0. The maximum Gasteiger partial charge on any atom is 0.315 e. The van der Waals surface area contributed by atoms with Gasteiger partial charge in [0.1, 0.15) is 52.9 Å². The number of hydrogen-bond acceptors (Lipinski definition) is 2. The molecule has 1 unspecified atom stereocenters. The maximum atomic E-state index is 6.71. The first kappa shape index (κ1) is 16.6. The third-order valence-corrected chi connectivity index (χ3v) is 8.80. The molecule has 0 saturated heterocycles. The van der Waals surface area contributed by atoms with E-state index in [1.54, 1.807) is 0 Å². The molecule has 164 valence electrons. The van der Waals surface area contributed by atoms with Gasteiger partial charge in [0.05, 0.1) is 16.2 Å². The van der Waals surface area contributed by atoms with Crippen molar-refractivity contribution in [1.82, 2.24) is 13.8 Å². The number of benzene rings is 3. The van der Waals surface area contributed by atoms with Crippen molar-refractivity contribution in [2.75, 3.05) is 0 Å². The normalized spacial score (nSPS) is 18.3. The van der Waals surface area contributed by atoms with Crippen LogP contribution in [0.4, 0.5) is 0 Å². The van der Waals surface area contributed by atoms with Crippen molar-refractivity contribution < 1.29 is 13.9 Å². The monoisotopic (exact) mass is 461 g/mol. The molecule has 3 aromatic carbocycles. The molecule has 0 N–H and O–H groups in total. The molecule has 0 radical (unpaired) electrons. The van der Waals surface area contributed by atoms with E-state index in [9.17, 15) is 0 Å². The van der Waals surface area contributed by atoms with Gasteiger partial charge >= 0.3 is 11.3 Å². The molecule has 0 fully saturated rings. The highest BCUT2D eigenvalue weighted by atomic mass is 16.5. The van der Waals surface area contributed by atoms with Crippen LogP contribution in [0.25, 0.3) is 54.8 Å². The lowest BCUT2D eigenvalue weighted by atomic mass is 9.85. The quantitative estimate of drug-likeness (QED) is 0.240. The number of aromatic nitrogens is 5. The molecule has 0 bridgehead atoms. The molecule has 8 heterocycles. The average molecular weight is 461 g/mol. The van der Waals surface area contributed by atoms with Crippen LogP contribution in [0.1, 0.15) is 11.1 Å². The van der Waals surface area contributed by atoms with E-state index in [0.29, 0.717) is 0 Å². The van der Waals surface area contributed by atoms with Crippen LogP contribution in [0.5, 0.6) is 11.5 Å². The first-order valence-corrected chi connectivity index (χ1v) is 12.2. The largest absolute Gasteiger partial charge is 0.456 e. The van der Waals surface area contributed by atoms with Crippen molar-refractivity contribution in [2.45, 2.75) is 5.66 Å². The van der Waals surface area contributed by atoms with Gasteiger partial charge in [-0.2, -0.15) is 17.9 Å². The number of imidazole rings is 2. The summed E-state index contributed by atoms with van der Waals surface area (Å²) >= 11 is 0. The van der Waals surface area contributed by atoms with Crippen molar-refractivity contribution in [3.63, 3.8) is 0 Å². The number of nitrogens with zero attached hydrogens (tertiary/aromatic N) is 5. The zero-order valence-electron chi connectivity index (χ0n) is 18.8. The molecule has 3 aliphatic heterocycles. The second-order valence-corrected chi connectivity index (χ2v) is 10.1. The number of hydrogen-bond donors (Lipinski definition) is 0. The Morgan fingerprint density at radius 3 is 2.14 bits per heavy atom. The van der Waals surface area contributed by atoms with Crippen LogP contribution < -0.4 is 13.9 Å². The van der Waals surface area contributed by atoms with E-state index >= 15 is 0 Å². The third kappa shape index (κ3) is 1.37. The number of fused-ring (bicyclic) bond motifs is 6. The Morgan fingerprint density at radius 2 is 1.33 bits per heavy atom. The van der Waals surface area contributed by atoms with Gasteiger partial charge in [0.25, 0.3) is 5.65 Å². The molecule has 3 aliphatic rings. The van der Waals surface area contributed by atoms with E-state index in [2.05, 4.69) is 97.3 Å². The van der Waals surface area contributed by atoms with Crippen LogP contribution in [0, 0.1) is 0 Å². The van der Waals surface area contributed by atoms with E-state index < -0.39 is 5.66 Å². The number of ether oxygens (including phenoxy) is 1. The highest BCUT2D eigenvalue weighted by Crippen LogP contribution is 2.57. The molecular formula is C30H15N5O+2. The molecule has 1 spiro atoms. The Bertz CT molecular complexity index is 2240. The molecule has 5 aromatic heterocycles. The third-order valence-electron chi connectivity index (χ3n) is 8.80. The van der Waals surface area contributed by atoms with E-state index in [1.165, 1.54) is 49.2 Å². The zero-order valence-corrected chi connectivity index (χ0v) is 18.8. The predicted molar refractivity (Wildman–Crippen MR) is 135 cm³/mol. The number of pyridine rings is 3. The van der Waals surface area contributed by atoms with Gasteiger partial charge in [-0.15, -0.1) is 0 Å². The van der Waals surface area contributed by atoms with Crippen LogP contribution in [-0.4, -0.2) is 13.8 Å². The van der Waals surface area contributed by atoms with Gasteiger partial charge in [0, 0.05) is 22.4 Å². The molecule has 0 aliphatic carbocycles. The summed E-state index contributed by atoms with van der Waals surface area (Å²) in [5.74, 6) is 1.85. The fourth-order valence-corrected chi connectivity index (χ4v) is 7.65. The van der Waals surface area contributed by atoms with Crippen LogP contribution in [0.2, 0.25) is 0 Å². The summed E-state index contributed by atoms with van der Waals surface area (Å²) in [4.78, 5) is 4.80. The minimum Gasteiger partial charge on any atom is -0.456 e. The second kappa shape index (κ2) is 4.88. The van der Waals surface area contributed by atoms with Gasteiger partial charge in [-0.05, 0) is 42.5 Å². The average Bonchev–Trinajstić information content (AvgIpc) is 3.68. The maximum absolute atomic E-state index is 6.71. The summed E-state index contributed by atoms with van der Waals surface area (Å²) < 4.78 is 16.2. The minimum absolute atomic E-state index is 0.551. The highest BCUT2D eigenvalue weighted by Gasteiger charge is 2.65. The molecular weight excluding hydrogens is 446 g/mol. The standard InChI is InChI=1S/C30H15N5O/c1-2-6-20-16(4-1)17-7-9-21-25-23(17)28-32(20)12-14-34(28)30(25)26-22(36-21)10-8-18-19-5-3-11-31-27(19)33-13-15-35(30)29(33)24(18)26/h1-15H/q+2. The summed E-state index contributed by atoms with van der Waals surface area (Å²) in [6.07, 6.45) is 10.7. The lowest BCUT2D eigenvalue weighted by Crippen LogP contribution is -2.71. The minimum atomic E-state index is -0.551.